The third-order valence-electron chi connectivity index (χ3n) is 2.89. The van der Waals surface area contributed by atoms with Gasteiger partial charge in [-0.15, -0.1) is 0 Å². The first-order valence-electron chi connectivity index (χ1n) is 5.86. The van der Waals surface area contributed by atoms with Gasteiger partial charge < -0.3 is 5.73 Å². The number of hydrogen-bond donors (Lipinski definition) is 1. The molecule has 1 unspecified atom stereocenters. The molecule has 1 aromatic carbocycles. The number of nitrogens with two attached hydrogens (primary N) is 1. The summed E-state index contributed by atoms with van der Waals surface area (Å²) < 4.78 is 0. The maximum absolute atomic E-state index is 12.2. The van der Waals surface area contributed by atoms with Crippen molar-refractivity contribution >= 4 is 16.6 Å². The highest BCUT2D eigenvalue weighted by molar-refractivity contribution is 6.10. The SMILES string of the molecule is CCCC(N)C(=O)c1cccc2ccncc12. The highest BCUT2D eigenvalue weighted by Crippen LogP contribution is 2.19. The Morgan fingerprint density at radius 3 is 3.00 bits per heavy atom. The van der Waals surface area contributed by atoms with Crippen molar-refractivity contribution in [3.63, 3.8) is 0 Å². The summed E-state index contributed by atoms with van der Waals surface area (Å²) in [6.45, 7) is 2.03. The molecule has 17 heavy (non-hydrogen) atoms. The zero-order valence-electron chi connectivity index (χ0n) is 9.89. The topological polar surface area (TPSA) is 56.0 Å². The van der Waals surface area contributed by atoms with Gasteiger partial charge in [-0.05, 0) is 17.9 Å². The molecule has 3 heteroatoms. The van der Waals surface area contributed by atoms with Gasteiger partial charge in [0.05, 0.1) is 6.04 Å². The van der Waals surface area contributed by atoms with Crippen LogP contribution in [0.3, 0.4) is 0 Å². The second kappa shape index (κ2) is 5.06. The summed E-state index contributed by atoms with van der Waals surface area (Å²) in [4.78, 5) is 16.3. The van der Waals surface area contributed by atoms with Crippen LogP contribution in [-0.2, 0) is 0 Å². The van der Waals surface area contributed by atoms with Crippen molar-refractivity contribution in [1.82, 2.24) is 4.98 Å². The van der Waals surface area contributed by atoms with E-state index >= 15 is 0 Å². The predicted molar refractivity (Wildman–Crippen MR) is 69.0 cm³/mol. The number of pyridine rings is 1. The molecular formula is C14H16N2O. The van der Waals surface area contributed by atoms with Gasteiger partial charge in [0.15, 0.2) is 5.78 Å². The number of carbonyl (C=O) groups is 1. The molecule has 0 spiro atoms. The van der Waals surface area contributed by atoms with Crippen LogP contribution in [0.25, 0.3) is 10.8 Å². The molecule has 0 amide bonds. The highest BCUT2D eigenvalue weighted by atomic mass is 16.1. The fraction of sp³-hybridized carbons (Fsp3) is 0.286. The molecule has 0 aliphatic carbocycles. The Bertz CT molecular complexity index is 531. The number of fused-ring (bicyclic) bond motifs is 1. The summed E-state index contributed by atoms with van der Waals surface area (Å²) >= 11 is 0. The van der Waals surface area contributed by atoms with Gasteiger partial charge in [0, 0.05) is 23.3 Å². The Kier molecular flexibility index (Phi) is 3.49. The second-order valence-electron chi connectivity index (χ2n) is 4.16. The van der Waals surface area contributed by atoms with Crippen molar-refractivity contribution in [2.45, 2.75) is 25.8 Å². The van der Waals surface area contributed by atoms with E-state index < -0.39 is 6.04 Å². The van der Waals surface area contributed by atoms with E-state index in [9.17, 15) is 4.79 Å². The van der Waals surface area contributed by atoms with Crippen LogP contribution in [0.1, 0.15) is 30.1 Å². The molecule has 2 aromatic rings. The lowest BCUT2D eigenvalue weighted by Crippen LogP contribution is -2.30. The largest absolute Gasteiger partial charge is 0.321 e. The lowest BCUT2D eigenvalue weighted by Gasteiger charge is -2.11. The molecule has 0 aliphatic rings. The van der Waals surface area contributed by atoms with Gasteiger partial charge in [0.1, 0.15) is 0 Å². The number of hydrogen-bond acceptors (Lipinski definition) is 3. The molecule has 0 aliphatic heterocycles. The molecule has 0 bridgehead atoms. The Morgan fingerprint density at radius 1 is 1.41 bits per heavy atom. The van der Waals surface area contributed by atoms with Gasteiger partial charge in [-0.1, -0.05) is 31.5 Å². The summed E-state index contributed by atoms with van der Waals surface area (Å²) in [5.41, 5.74) is 6.56. The number of ketones is 1. The van der Waals surface area contributed by atoms with Crippen LogP contribution in [0, 0.1) is 0 Å². The third kappa shape index (κ3) is 2.34. The minimum atomic E-state index is -0.411. The quantitative estimate of drug-likeness (QED) is 0.818. The normalized spacial score (nSPS) is 12.6. The molecule has 2 rings (SSSR count). The van der Waals surface area contributed by atoms with E-state index in [0.29, 0.717) is 5.56 Å². The van der Waals surface area contributed by atoms with Gasteiger partial charge in [-0.3, -0.25) is 9.78 Å². The summed E-state index contributed by atoms with van der Waals surface area (Å²) in [5, 5.41) is 1.90. The first-order valence-corrected chi connectivity index (χ1v) is 5.86. The summed E-state index contributed by atoms with van der Waals surface area (Å²) in [6.07, 6.45) is 5.08. The van der Waals surface area contributed by atoms with Crippen LogP contribution in [0.4, 0.5) is 0 Å². The maximum atomic E-state index is 12.2. The fourth-order valence-electron chi connectivity index (χ4n) is 1.97. The maximum Gasteiger partial charge on any atom is 0.180 e. The molecule has 88 valence electrons. The van der Waals surface area contributed by atoms with Gasteiger partial charge in [-0.25, -0.2) is 0 Å². The molecule has 0 saturated heterocycles. The van der Waals surface area contributed by atoms with Crippen LogP contribution in [0.2, 0.25) is 0 Å². The molecule has 0 radical (unpaired) electrons. The van der Waals surface area contributed by atoms with Crippen LogP contribution in [0.15, 0.2) is 36.7 Å². The first-order chi connectivity index (χ1) is 8.24. The Labute approximate surface area is 101 Å². The highest BCUT2D eigenvalue weighted by Gasteiger charge is 2.16. The van der Waals surface area contributed by atoms with Crippen LogP contribution < -0.4 is 5.73 Å². The average molecular weight is 228 g/mol. The summed E-state index contributed by atoms with van der Waals surface area (Å²) in [5.74, 6) is 0.00505. The Balaban J connectivity index is 2.45. The van der Waals surface area contributed by atoms with E-state index in [1.165, 1.54) is 0 Å². The minimum Gasteiger partial charge on any atom is -0.321 e. The molecular weight excluding hydrogens is 212 g/mol. The monoisotopic (exact) mass is 228 g/mol. The van der Waals surface area contributed by atoms with Crippen molar-refractivity contribution < 1.29 is 4.79 Å². The zero-order valence-corrected chi connectivity index (χ0v) is 9.89. The lowest BCUT2D eigenvalue weighted by molar-refractivity contribution is 0.0958. The van der Waals surface area contributed by atoms with Crippen LogP contribution in [0.5, 0.6) is 0 Å². The van der Waals surface area contributed by atoms with Gasteiger partial charge >= 0.3 is 0 Å². The van der Waals surface area contributed by atoms with Crippen molar-refractivity contribution in [2.24, 2.45) is 5.73 Å². The standard InChI is InChI=1S/C14H16N2O/c1-2-4-13(15)14(17)11-6-3-5-10-7-8-16-9-12(10)11/h3,5-9,13H,2,4,15H2,1H3. The number of Topliss-reactive ketones (excluding diaryl/α,β-unsaturated/α-hetero) is 1. The number of nitrogens with zero attached hydrogens (tertiary/aromatic N) is 1. The number of benzene rings is 1. The fourth-order valence-corrected chi connectivity index (χ4v) is 1.97. The molecule has 0 saturated carbocycles. The predicted octanol–water partition coefficient (Wildman–Crippen LogP) is 2.54. The second-order valence-corrected chi connectivity index (χ2v) is 4.16. The molecule has 1 aromatic heterocycles. The molecule has 1 atom stereocenters. The number of aromatic nitrogens is 1. The van der Waals surface area contributed by atoms with Gasteiger partial charge in [0.2, 0.25) is 0 Å². The van der Waals surface area contributed by atoms with E-state index in [-0.39, 0.29) is 5.78 Å². The molecule has 1 heterocycles. The Hall–Kier alpha value is -1.74. The van der Waals surface area contributed by atoms with Crippen molar-refractivity contribution in [2.75, 3.05) is 0 Å². The molecule has 0 fully saturated rings. The van der Waals surface area contributed by atoms with Crippen molar-refractivity contribution in [3.8, 4) is 0 Å². The molecule has 2 N–H and O–H groups in total. The van der Waals surface area contributed by atoms with Crippen molar-refractivity contribution in [3.05, 3.63) is 42.2 Å². The van der Waals surface area contributed by atoms with E-state index in [1.807, 2.05) is 31.2 Å². The third-order valence-corrected chi connectivity index (χ3v) is 2.89. The Morgan fingerprint density at radius 2 is 2.24 bits per heavy atom. The van der Waals surface area contributed by atoms with Crippen molar-refractivity contribution in [1.29, 1.82) is 0 Å². The van der Waals surface area contributed by atoms with E-state index in [2.05, 4.69) is 4.98 Å². The average Bonchev–Trinajstić information content (AvgIpc) is 2.37. The summed E-state index contributed by atoms with van der Waals surface area (Å²) in [7, 11) is 0. The smallest absolute Gasteiger partial charge is 0.180 e. The number of carbonyl (C=O) groups excluding carboxylic acids is 1. The minimum absolute atomic E-state index is 0.00505. The van der Waals surface area contributed by atoms with E-state index in [4.69, 9.17) is 5.73 Å². The van der Waals surface area contributed by atoms with Gasteiger partial charge in [-0.2, -0.15) is 0 Å². The lowest BCUT2D eigenvalue weighted by atomic mass is 9.97. The summed E-state index contributed by atoms with van der Waals surface area (Å²) in [6, 6.07) is 7.16. The zero-order chi connectivity index (χ0) is 12.3. The number of rotatable bonds is 4. The van der Waals surface area contributed by atoms with Gasteiger partial charge in [0.25, 0.3) is 0 Å². The molecule has 3 nitrogen and oxygen atoms in total. The van der Waals surface area contributed by atoms with Crippen LogP contribution >= 0.6 is 0 Å². The first kappa shape index (κ1) is 11.7. The van der Waals surface area contributed by atoms with E-state index in [1.54, 1.807) is 12.4 Å². The van der Waals surface area contributed by atoms with Crippen LogP contribution in [-0.4, -0.2) is 16.8 Å². The van der Waals surface area contributed by atoms with E-state index in [0.717, 1.165) is 23.6 Å².